The Hall–Kier alpha value is -3.45. The molecule has 4 aromatic rings. The molecule has 4 heterocycles. The molecule has 0 saturated carbocycles. The average Bonchev–Trinajstić information content (AvgIpc) is 3.38. The first kappa shape index (κ1) is 17.6. The van der Waals surface area contributed by atoms with Crippen LogP contribution in [-0.2, 0) is 17.7 Å². The molecular formula is C22H20N4O3. The Morgan fingerprint density at radius 3 is 2.76 bits per heavy atom. The van der Waals surface area contributed by atoms with Gasteiger partial charge >= 0.3 is 0 Å². The van der Waals surface area contributed by atoms with Crippen molar-refractivity contribution in [2.45, 2.75) is 19.1 Å². The molecule has 0 N–H and O–H groups in total. The summed E-state index contributed by atoms with van der Waals surface area (Å²) in [6, 6.07) is 15.5. The van der Waals surface area contributed by atoms with E-state index in [0.29, 0.717) is 31.1 Å². The van der Waals surface area contributed by atoms with E-state index >= 15 is 0 Å². The van der Waals surface area contributed by atoms with Crippen LogP contribution in [0.4, 0.5) is 0 Å². The number of carbonyl (C=O) groups is 1. The lowest BCUT2D eigenvalue weighted by molar-refractivity contribution is 0.0721. The Bertz CT molecular complexity index is 1130. The molecule has 29 heavy (non-hydrogen) atoms. The topological polar surface area (TPSA) is 72.9 Å². The summed E-state index contributed by atoms with van der Waals surface area (Å²) >= 11 is 0. The third-order valence-electron chi connectivity index (χ3n) is 5.18. The van der Waals surface area contributed by atoms with E-state index in [2.05, 4.69) is 9.97 Å². The molecule has 5 rings (SSSR count). The molecule has 1 atom stereocenters. The van der Waals surface area contributed by atoms with Gasteiger partial charge in [0.15, 0.2) is 6.10 Å². The van der Waals surface area contributed by atoms with Crippen LogP contribution in [0.25, 0.3) is 5.65 Å². The van der Waals surface area contributed by atoms with Crippen LogP contribution in [0.1, 0.15) is 39.5 Å². The van der Waals surface area contributed by atoms with Crippen LogP contribution in [0.5, 0.6) is 0 Å². The number of ether oxygens (including phenoxy) is 1. The minimum absolute atomic E-state index is 0.102. The molecule has 0 aliphatic carbocycles. The Labute approximate surface area is 167 Å². The van der Waals surface area contributed by atoms with Gasteiger partial charge in [0.1, 0.15) is 22.8 Å². The van der Waals surface area contributed by atoms with Gasteiger partial charge in [0, 0.05) is 32.5 Å². The average molecular weight is 388 g/mol. The Morgan fingerprint density at radius 1 is 1.14 bits per heavy atom. The maximum atomic E-state index is 13.0. The minimum Gasteiger partial charge on any atom is -0.442 e. The molecule has 7 heteroatoms. The molecule has 0 bridgehead atoms. The monoisotopic (exact) mass is 388 g/mol. The molecule has 3 aromatic heterocycles. The first-order valence-electron chi connectivity index (χ1n) is 9.52. The highest BCUT2D eigenvalue weighted by atomic mass is 16.5. The molecule has 1 amide bonds. The highest BCUT2D eigenvalue weighted by Crippen LogP contribution is 2.29. The van der Waals surface area contributed by atoms with E-state index in [1.165, 1.54) is 0 Å². The van der Waals surface area contributed by atoms with Crippen molar-refractivity contribution in [3.05, 3.63) is 89.5 Å². The number of nitrogens with zero attached hydrogens (tertiary/aromatic N) is 4. The largest absolute Gasteiger partial charge is 0.442 e. The van der Waals surface area contributed by atoms with Gasteiger partial charge in [-0.25, -0.2) is 9.97 Å². The maximum absolute atomic E-state index is 13.0. The number of imidazole rings is 1. The number of pyridine rings is 1. The number of benzene rings is 1. The lowest BCUT2D eigenvalue weighted by Crippen LogP contribution is -2.36. The van der Waals surface area contributed by atoms with Crippen LogP contribution in [0.2, 0.25) is 0 Å². The molecule has 1 aliphatic heterocycles. The lowest BCUT2D eigenvalue weighted by Gasteiger charge is -2.24. The zero-order valence-electron chi connectivity index (χ0n) is 16.0. The van der Waals surface area contributed by atoms with Gasteiger partial charge in [-0.3, -0.25) is 4.79 Å². The van der Waals surface area contributed by atoms with Crippen molar-refractivity contribution in [2.75, 3.05) is 13.7 Å². The summed E-state index contributed by atoms with van der Waals surface area (Å²) in [6.45, 7) is 0.966. The number of amides is 1. The Kier molecular flexibility index (Phi) is 4.37. The number of hydrogen-bond acceptors (Lipinski definition) is 5. The summed E-state index contributed by atoms with van der Waals surface area (Å²) in [7, 11) is 1.64. The third-order valence-corrected chi connectivity index (χ3v) is 5.18. The molecule has 1 unspecified atom stereocenters. The number of rotatable bonds is 4. The van der Waals surface area contributed by atoms with E-state index in [1.54, 1.807) is 18.2 Å². The number of methoxy groups -OCH3 is 1. The van der Waals surface area contributed by atoms with Crippen LogP contribution in [0.3, 0.4) is 0 Å². The van der Waals surface area contributed by atoms with Crippen molar-refractivity contribution < 1.29 is 13.9 Å². The zero-order chi connectivity index (χ0) is 19.8. The van der Waals surface area contributed by atoms with Crippen molar-refractivity contribution in [3.8, 4) is 0 Å². The minimum atomic E-state index is -0.371. The smallest absolute Gasteiger partial charge is 0.274 e. The highest BCUT2D eigenvalue weighted by Gasteiger charge is 2.29. The second-order valence-corrected chi connectivity index (χ2v) is 7.02. The van der Waals surface area contributed by atoms with Gasteiger partial charge in [0.25, 0.3) is 5.91 Å². The third kappa shape index (κ3) is 3.19. The van der Waals surface area contributed by atoms with Gasteiger partial charge in [-0.1, -0.05) is 36.4 Å². The fourth-order valence-electron chi connectivity index (χ4n) is 3.71. The Morgan fingerprint density at radius 2 is 1.97 bits per heavy atom. The predicted molar refractivity (Wildman–Crippen MR) is 105 cm³/mol. The van der Waals surface area contributed by atoms with Gasteiger partial charge < -0.3 is 18.5 Å². The van der Waals surface area contributed by atoms with Gasteiger partial charge in [-0.05, 0) is 17.7 Å². The van der Waals surface area contributed by atoms with E-state index in [1.807, 2.05) is 59.1 Å². The predicted octanol–water partition coefficient (Wildman–Crippen LogP) is 3.26. The fraction of sp³-hybridized carbons (Fsp3) is 0.227. The van der Waals surface area contributed by atoms with Gasteiger partial charge in [0.05, 0.1) is 6.54 Å². The van der Waals surface area contributed by atoms with Crippen LogP contribution in [0.15, 0.2) is 65.3 Å². The van der Waals surface area contributed by atoms with E-state index in [-0.39, 0.29) is 12.0 Å². The molecule has 0 saturated heterocycles. The number of hydrogen-bond donors (Lipinski definition) is 0. The maximum Gasteiger partial charge on any atom is 0.274 e. The molecule has 7 nitrogen and oxygen atoms in total. The summed E-state index contributed by atoms with van der Waals surface area (Å²) in [4.78, 5) is 23.8. The zero-order valence-corrected chi connectivity index (χ0v) is 16.0. The highest BCUT2D eigenvalue weighted by molar-refractivity contribution is 5.93. The summed E-state index contributed by atoms with van der Waals surface area (Å²) < 4.78 is 13.5. The molecule has 0 spiro atoms. The molecule has 0 radical (unpaired) electrons. The lowest BCUT2D eigenvalue weighted by atomic mass is 10.1. The van der Waals surface area contributed by atoms with Gasteiger partial charge in [-0.15, -0.1) is 0 Å². The second-order valence-electron chi connectivity index (χ2n) is 7.02. The van der Waals surface area contributed by atoms with Crippen molar-refractivity contribution in [2.24, 2.45) is 0 Å². The SMILES string of the molecule is COC(c1ccccc1)c1nc2c(o1)CCN(C(=O)c1cn3ccccc3n1)C2. The number of aromatic nitrogens is 3. The van der Waals surface area contributed by atoms with Crippen LogP contribution < -0.4 is 0 Å². The quantitative estimate of drug-likeness (QED) is 0.537. The first-order chi connectivity index (χ1) is 14.2. The summed E-state index contributed by atoms with van der Waals surface area (Å²) in [5, 5.41) is 0. The standard InChI is InChI=1S/C22H20N4O3/c1-28-20(15-7-3-2-4-8-15)21-24-16-13-26(12-10-18(16)29-21)22(27)17-14-25-11-6-5-9-19(25)23-17/h2-9,11,14,20H,10,12-13H2,1H3. The molecule has 1 aromatic carbocycles. The number of carbonyl (C=O) groups excluding carboxylic acids is 1. The number of fused-ring (bicyclic) bond motifs is 2. The number of oxazole rings is 1. The van der Waals surface area contributed by atoms with Crippen molar-refractivity contribution >= 4 is 11.6 Å². The van der Waals surface area contributed by atoms with Gasteiger partial charge in [0.2, 0.25) is 5.89 Å². The van der Waals surface area contributed by atoms with Crippen molar-refractivity contribution in [1.82, 2.24) is 19.3 Å². The van der Waals surface area contributed by atoms with Crippen molar-refractivity contribution in [1.29, 1.82) is 0 Å². The molecule has 0 fully saturated rings. The second kappa shape index (κ2) is 7.18. The fourth-order valence-corrected chi connectivity index (χ4v) is 3.71. The first-order valence-corrected chi connectivity index (χ1v) is 9.52. The summed E-state index contributed by atoms with van der Waals surface area (Å²) in [5.74, 6) is 1.23. The van der Waals surface area contributed by atoms with Crippen LogP contribution in [-0.4, -0.2) is 38.8 Å². The van der Waals surface area contributed by atoms with Gasteiger partial charge in [-0.2, -0.15) is 0 Å². The summed E-state index contributed by atoms with van der Waals surface area (Å²) in [5.41, 5.74) is 2.94. The summed E-state index contributed by atoms with van der Waals surface area (Å²) in [6.07, 6.45) is 3.89. The van der Waals surface area contributed by atoms with E-state index < -0.39 is 0 Å². The molecule has 1 aliphatic rings. The van der Waals surface area contributed by atoms with E-state index in [0.717, 1.165) is 22.7 Å². The van der Waals surface area contributed by atoms with E-state index in [9.17, 15) is 4.79 Å². The van der Waals surface area contributed by atoms with E-state index in [4.69, 9.17) is 9.15 Å². The van der Waals surface area contributed by atoms with Crippen LogP contribution in [0, 0.1) is 0 Å². The van der Waals surface area contributed by atoms with Crippen molar-refractivity contribution in [3.63, 3.8) is 0 Å². The molecule has 146 valence electrons. The van der Waals surface area contributed by atoms with Crippen LogP contribution >= 0.6 is 0 Å². The normalized spacial score (nSPS) is 14.7. The Balaban J connectivity index is 1.39. The molecular weight excluding hydrogens is 368 g/mol.